The number of aromatic nitrogens is 1. The molecule has 2 atom stereocenters. The van der Waals surface area contributed by atoms with E-state index in [1.54, 1.807) is 6.07 Å². The molecule has 122 valence electrons. The molecule has 0 bridgehead atoms. The smallest absolute Gasteiger partial charge is 0.228 e. The average molecular weight is 308 g/mol. The molecule has 1 saturated heterocycles. The number of hydrogen-bond donors (Lipinski definition) is 1. The number of nitrogens with zero attached hydrogens (tertiary/aromatic N) is 2. The van der Waals surface area contributed by atoms with Crippen molar-refractivity contribution in [2.45, 2.75) is 51.7 Å². The number of carbonyl (C=O) groups is 1. The highest BCUT2D eigenvalue weighted by Crippen LogP contribution is 2.50. The van der Waals surface area contributed by atoms with Gasteiger partial charge in [-0.15, -0.1) is 0 Å². The van der Waals surface area contributed by atoms with Crippen LogP contribution in [0, 0.1) is 12.3 Å². The number of rotatable bonds is 4. The lowest BCUT2D eigenvalue weighted by atomic mass is 9.58. The van der Waals surface area contributed by atoms with Crippen LogP contribution in [0.2, 0.25) is 0 Å². The molecule has 1 aliphatic carbocycles. The highest BCUT2D eigenvalue weighted by molar-refractivity contribution is 5.78. The van der Waals surface area contributed by atoms with E-state index in [9.17, 15) is 9.90 Å². The predicted molar refractivity (Wildman–Crippen MR) is 79.2 cm³/mol. The van der Waals surface area contributed by atoms with E-state index >= 15 is 0 Å². The van der Waals surface area contributed by atoms with Gasteiger partial charge in [-0.25, -0.2) is 0 Å². The van der Waals surface area contributed by atoms with Crippen LogP contribution in [0.25, 0.3) is 0 Å². The van der Waals surface area contributed by atoms with Gasteiger partial charge in [-0.2, -0.15) is 0 Å². The van der Waals surface area contributed by atoms with E-state index in [0.29, 0.717) is 25.4 Å². The maximum absolute atomic E-state index is 12.3. The van der Waals surface area contributed by atoms with Gasteiger partial charge in [-0.1, -0.05) is 5.16 Å². The van der Waals surface area contributed by atoms with Crippen LogP contribution < -0.4 is 0 Å². The summed E-state index contributed by atoms with van der Waals surface area (Å²) in [4.78, 5) is 14.2. The molecule has 1 saturated carbocycles. The Hall–Kier alpha value is -1.40. The fourth-order valence-corrected chi connectivity index (χ4v) is 3.76. The molecule has 3 rings (SSSR count). The van der Waals surface area contributed by atoms with Gasteiger partial charge in [0.15, 0.2) is 0 Å². The first-order chi connectivity index (χ1) is 10.5. The van der Waals surface area contributed by atoms with Crippen LogP contribution in [0.15, 0.2) is 10.6 Å². The normalized spacial score (nSPS) is 27.0. The number of amides is 1. The Kier molecular flexibility index (Phi) is 4.23. The number of hydrogen-bond acceptors (Lipinski definition) is 5. The van der Waals surface area contributed by atoms with E-state index in [4.69, 9.17) is 9.26 Å². The molecule has 6 heteroatoms. The van der Waals surface area contributed by atoms with E-state index in [0.717, 1.165) is 25.0 Å². The highest BCUT2D eigenvalue weighted by Gasteiger charge is 2.56. The van der Waals surface area contributed by atoms with Gasteiger partial charge in [0, 0.05) is 37.6 Å². The summed E-state index contributed by atoms with van der Waals surface area (Å²) in [6, 6.07) is 1.80. The van der Waals surface area contributed by atoms with Gasteiger partial charge in [-0.05, 0) is 26.7 Å². The van der Waals surface area contributed by atoms with Gasteiger partial charge >= 0.3 is 0 Å². The van der Waals surface area contributed by atoms with Gasteiger partial charge in [0.1, 0.15) is 5.76 Å². The molecule has 1 aromatic heterocycles. The van der Waals surface area contributed by atoms with Crippen LogP contribution in [0.1, 0.15) is 37.6 Å². The third-order valence-corrected chi connectivity index (χ3v) is 5.17. The lowest BCUT2D eigenvalue weighted by Gasteiger charge is -2.56. The molecule has 22 heavy (non-hydrogen) atoms. The second-order valence-corrected chi connectivity index (χ2v) is 6.42. The number of piperidine rings is 1. The number of likely N-dealkylation sites (tertiary alicyclic amines) is 1. The lowest BCUT2D eigenvalue weighted by Crippen LogP contribution is -2.62. The quantitative estimate of drug-likeness (QED) is 0.907. The third kappa shape index (κ3) is 2.65. The van der Waals surface area contributed by atoms with Crippen LogP contribution in [0.4, 0.5) is 0 Å². The maximum Gasteiger partial charge on any atom is 0.228 e. The Morgan fingerprint density at radius 3 is 2.82 bits per heavy atom. The van der Waals surface area contributed by atoms with Crippen molar-refractivity contribution in [1.29, 1.82) is 0 Å². The summed E-state index contributed by atoms with van der Waals surface area (Å²) in [7, 11) is 0. The number of aryl methyl sites for hydroxylation is 1. The molecule has 2 aliphatic rings. The molecule has 1 N–H and O–H groups in total. The Bertz CT molecular complexity index is 532. The fourth-order valence-electron chi connectivity index (χ4n) is 3.76. The van der Waals surface area contributed by atoms with E-state index in [1.165, 1.54) is 0 Å². The van der Waals surface area contributed by atoms with Crippen molar-refractivity contribution in [3.63, 3.8) is 0 Å². The molecule has 0 radical (unpaired) electrons. The predicted octanol–water partition coefficient (Wildman–Crippen LogP) is 1.30. The summed E-state index contributed by atoms with van der Waals surface area (Å²) >= 11 is 0. The van der Waals surface area contributed by atoms with Crippen molar-refractivity contribution in [3.05, 3.63) is 17.5 Å². The van der Waals surface area contributed by atoms with E-state index in [-0.39, 0.29) is 30.0 Å². The number of ether oxygens (including phenoxy) is 1. The van der Waals surface area contributed by atoms with E-state index in [2.05, 4.69) is 5.16 Å². The van der Waals surface area contributed by atoms with Crippen molar-refractivity contribution in [2.24, 2.45) is 5.41 Å². The molecule has 0 unspecified atom stereocenters. The Morgan fingerprint density at radius 1 is 1.55 bits per heavy atom. The average Bonchev–Trinajstić information content (AvgIpc) is 2.92. The van der Waals surface area contributed by atoms with Crippen molar-refractivity contribution in [2.75, 3.05) is 19.7 Å². The van der Waals surface area contributed by atoms with Gasteiger partial charge < -0.3 is 19.3 Å². The highest BCUT2D eigenvalue weighted by atomic mass is 16.5. The van der Waals surface area contributed by atoms with E-state index < -0.39 is 0 Å². The molecule has 2 fully saturated rings. The SMILES string of the molecule is CCO[C@@H]1C[C@H](O)C12CCN(C(=O)Cc1cc(C)on1)CC2. The van der Waals surface area contributed by atoms with Gasteiger partial charge in [0.05, 0.1) is 24.3 Å². The topological polar surface area (TPSA) is 75.8 Å². The van der Waals surface area contributed by atoms with Crippen LogP contribution in [0.3, 0.4) is 0 Å². The van der Waals surface area contributed by atoms with Crippen LogP contribution >= 0.6 is 0 Å². The van der Waals surface area contributed by atoms with Crippen molar-refractivity contribution >= 4 is 5.91 Å². The standard InChI is InChI=1S/C16H24N2O4/c1-3-21-14-10-13(19)16(14)4-6-18(7-5-16)15(20)9-12-8-11(2)22-17-12/h8,13-14,19H,3-7,9-10H2,1-2H3/t13-,14+/m0/s1. The Balaban J connectivity index is 1.56. The summed E-state index contributed by atoms with van der Waals surface area (Å²) in [5, 5.41) is 14.0. The fraction of sp³-hybridized carbons (Fsp3) is 0.750. The maximum atomic E-state index is 12.3. The first-order valence-electron chi connectivity index (χ1n) is 8.05. The van der Waals surface area contributed by atoms with Crippen molar-refractivity contribution in [3.8, 4) is 0 Å². The lowest BCUT2D eigenvalue weighted by molar-refractivity contribution is -0.210. The molecule has 6 nitrogen and oxygen atoms in total. The van der Waals surface area contributed by atoms with Crippen LogP contribution in [-0.4, -0.2) is 53.0 Å². The number of aliphatic hydroxyl groups is 1. The molecule has 1 aliphatic heterocycles. The minimum atomic E-state index is -0.292. The minimum Gasteiger partial charge on any atom is -0.392 e. The van der Waals surface area contributed by atoms with Crippen LogP contribution in [-0.2, 0) is 16.0 Å². The monoisotopic (exact) mass is 308 g/mol. The summed E-state index contributed by atoms with van der Waals surface area (Å²) in [5.74, 6) is 0.794. The molecule has 1 amide bonds. The number of aliphatic hydroxyl groups excluding tert-OH is 1. The Morgan fingerprint density at radius 2 is 2.27 bits per heavy atom. The van der Waals surface area contributed by atoms with Gasteiger partial charge in [-0.3, -0.25) is 4.79 Å². The zero-order valence-corrected chi connectivity index (χ0v) is 13.2. The summed E-state index contributed by atoms with van der Waals surface area (Å²) in [5.41, 5.74) is 0.538. The number of carbonyl (C=O) groups excluding carboxylic acids is 1. The zero-order valence-electron chi connectivity index (χ0n) is 13.2. The largest absolute Gasteiger partial charge is 0.392 e. The first kappa shape index (κ1) is 15.5. The van der Waals surface area contributed by atoms with E-state index in [1.807, 2.05) is 18.7 Å². The second-order valence-electron chi connectivity index (χ2n) is 6.42. The molecular weight excluding hydrogens is 284 g/mol. The molecule has 1 aromatic rings. The molecule has 1 spiro atoms. The Labute approximate surface area is 130 Å². The summed E-state index contributed by atoms with van der Waals surface area (Å²) in [6.45, 7) is 5.83. The second kappa shape index (κ2) is 6.01. The zero-order chi connectivity index (χ0) is 15.7. The van der Waals surface area contributed by atoms with Gasteiger partial charge in [0.25, 0.3) is 0 Å². The summed E-state index contributed by atoms with van der Waals surface area (Å²) < 4.78 is 10.7. The third-order valence-electron chi connectivity index (χ3n) is 5.17. The molecule has 0 aromatic carbocycles. The molecule has 2 heterocycles. The summed E-state index contributed by atoms with van der Waals surface area (Å²) in [6.07, 6.45) is 2.47. The van der Waals surface area contributed by atoms with Crippen molar-refractivity contribution < 1.29 is 19.2 Å². The van der Waals surface area contributed by atoms with Crippen molar-refractivity contribution in [1.82, 2.24) is 10.1 Å². The first-order valence-corrected chi connectivity index (χ1v) is 8.05. The van der Waals surface area contributed by atoms with Crippen LogP contribution in [0.5, 0.6) is 0 Å². The molecular formula is C16H24N2O4. The minimum absolute atomic E-state index is 0.0740. The van der Waals surface area contributed by atoms with Gasteiger partial charge in [0.2, 0.25) is 5.91 Å².